The molecule has 3 aromatic rings. The van der Waals surface area contributed by atoms with Crippen LogP contribution < -0.4 is 15.4 Å². The number of rotatable bonds is 6. The summed E-state index contributed by atoms with van der Waals surface area (Å²) in [5.74, 6) is 0.234. The van der Waals surface area contributed by atoms with Crippen molar-refractivity contribution in [1.29, 1.82) is 0 Å². The number of carbonyl (C=O) groups is 2. The van der Waals surface area contributed by atoms with E-state index in [0.29, 0.717) is 22.7 Å². The van der Waals surface area contributed by atoms with Crippen LogP contribution in [-0.2, 0) is 22.6 Å². The number of benzene rings is 3. The molecule has 164 valence electrons. The Morgan fingerprint density at radius 2 is 1.84 bits per heavy atom. The number of fused-ring (bicyclic) bond motifs is 1. The lowest BCUT2D eigenvalue weighted by Gasteiger charge is -2.21. The van der Waals surface area contributed by atoms with Gasteiger partial charge in [-0.05, 0) is 67.1 Å². The van der Waals surface area contributed by atoms with Gasteiger partial charge in [0, 0.05) is 16.1 Å². The first-order chi connectivity index (χ1) is 15.4. The van der Waals surface area contributed by atoms with E-state index in [1.807, 2.05) is 13.0 Å². The minimum atomic E-state index is -2.50. The van der Waals surface area contributed by atoms with Crippen LogP contribution in [-0.4, -0.2) is 21.3 Å². The Hall–Kier alpha value is -3.17. The van der Waals surface area contributed by atoms with Gasteiger partial charge in [0.2, 0.25) is 17.1 Å². The maximum absolute atomic E-state index is 12.8. The minimum Gasteiger partial charge on any atom is -0.489 e. The minimum absolute atomic E-state index is 0.0797. The summed E-state index contributed by atoms with van der Waals surface area (Å²) in [6.07, 6.45) is 0. The highest BCUT2D eigenvalue weighted by Gasteiger charge is 2.23. The lowest BCUT2D eigenvalue weighted by molar-refractivity contribution is -0.115. The monoisotopic (exact) mass is 470 g/mol. The van der Waals surface area contributed by atoms with E-state index in [9.17, 15) is 17.7 Å². The highest BCUT2D eigenvalue weighted by molar-refractivity contribution is 8.01. The maximum Gasteiger partial charge on any atom is 0.255 e. The van der Waals surface area contributed by atoms with Crippen molar-refractivity contribution in [3.05, 3.63) is 77.9 Å². The van der Waals surface area contributed by atoms with Gasteiger partial charge in [0.1, 0.15) is 12.4 Å². The van der Waals surface area contributed by atoms with Gasteiger partial charge in [-0.2, -0.15) is 0 Å². The van der Waals surface area contributed by atoms with Gasteiger partial charge in [0.05, 0.1) is 15.8 Å². The number of hydrogen-bond donors (Lipinski definition) is 2. The summed E-state index contributed by atoms with van der Waals surface area (Å²) in [6.45, 7) is 2.10. The molecule has 32 heavy (non-hydrogen) atoms. The molecule has 0 radical (unpaired) electrons. The third-order valence-electron chi connectivity index (χ3n) is 4.80. The third-order valence-corrected chi connectivity index (χ3v) is 6.62. The normalized spacial score (nSPS) is 15.9. The summed E-state index contributed by atoms with van der Waals surface area (Å²) in [5.41, 5.74) is 2.49. The summed E-state index contributed by atoms with van der Waals surface area (Å²) in [4.78, 5) is 25.5. The van der Waals surface area contributed by atoms with Crippen molar-refractivity contribution in [1.82, 2.24) is 0 Å². The maximum atomic E-state index is 12.8. The Bertz CT molecular complexity index is 1180. The second-order valence-electron chi connectivity index (χ2n) is 7.09. The molecule has 9 heteroatoms. The van der Waals surface area contributed by atoms with Crippen molar-refractivity contribution < 1.29 is 22.4 Å². The van der Waals surface area contributed by atoms with Crippen LogP contribution in [0.25, 0.3) is 0 Å². The van der Waals surface area contributed by atoms with Gasteiger partial charge in [0.15, 0.2) is 0 Å². The summed E-state index contributed by atoms with van der Waals surface area (Å²) < 4.78 is 29.2. The molecule has 6 nitrogen and oxygen atoms in total. The zero-order valence-electron chi connectivity index (χ0n) is 17.0. The molecule has 2 atom stereocenters. The number of nitrogens with one attached hydrogen (secondary N) is 2. The first kappa shape index (κ1) is 22.0. The van der Waals surface area contributed by atoms with Crippen molar-refractivity contribution in [2.24, 2.45) is 0 Å². The molecule has 1 aliphatic heterocycles. The highest BCUT2D eigenvalue weighted by atomic mass is 32.2. The molecule has 2 N–H and O–H groups in total. The fraction of sp³-hybridized carbons (Fsp3) is 0.130. The smallest absolute Gasteiger partial charge is 0.255 e. The van der Waals surface area contributed by atoms with Crippen molar-refractivity contribution >= 4 is 46.1 Å². The molecule has 0 spiro atoms. The first-order valence-corrected chi connectivity index (χ1v) is 11.6. The van der Waals surface area contributed by atoms with Gasteiger partial charge < -0.3 is 15.4 Å². The Morgan fingerprint density at radius 3 is 2.53 bits per heavy atom. The number of hydrogen-bond acceptors (Lipinski definition) is 5. The molecule has 3 aromatic carbocycles. The average Bonchev–Trinajstić information content (AvgIpc) is 2.79. The van der Waals surface area contributed by atoms with Crippen molar-refractivity contribution in [2.75, 3.05) is 10.6 Å². The molecule has 0 bridgehead atoms. The summed E-state index contributed by atoms with van der Waals surface area (Å²) >= 11 is -1.03. The first-order valence-electron chi connectivity index (χ1n) is 9.72. The van der Waals surface area contributed by atoms with Crippen LogP contribution in [0.4, 0.5) is 15.3 Å². The summed E-state index contributed by atoms with van der Waals surface area (Å²) in [6, 6.07) is 18.4. The van der Waals surface area contributed by atoms with Gasteiger partial charge in [-0.1, -0.05) is 12.1 Å². The lowest BCUT2D eigenvalue weighted by atomic mass is 10.1. The number of ether oxygens (including phenoxy) is 1. The second kappa shape index (κ2) is 9.54. The molecule has 2 unspecified atom stereocenters. The highest BCUT2D eigenvalue weighted by Crippen LogP contribution is 2.36. The van der Waals surface area contributed by atoms with Gasteiger partial charge in [-0.25, -0.2) is 4.21 Å². The van der Waals surface area contributed by atoms with E-state index in [4.69, 9.17) is 4.74 Å². The molecule has 0 saturated heterocycles. The summed E-state index contributed by atoms with van der Waals surface area (Å²) in [5, 5.41) is 5.48. The van der Waals surface area contributed by atoms with Crippen LogP contribution in [0.2, 0.25) is 0 Å². The lowest BCUT2D eigenvalue weighted by Crippen LogP contribution is -2.26. The van der Waals surface area contributed by atoms with E-state index >= 15 is 0 Å². The molecule has 1 aliphatic rings. The number of amides is 2. The van der Waals surface area contributed by atoms with Gasteiger partial charge in [0.25, 0.3) is 5.91 Å². The fourth-order valence-electron chi connectivity index (χ4n) is 3.05. The molecule has 0 aliphatic carbocycles. The van der Waals surface area contributed by atoms with Crippen LogP contribution in [0.15, 0.2) is 76.5 Å². The average molecular weight is 471 g/mol. The molecule has 1 heterocycles. The number of halogens is 1. The zero-order valence-corrected chi connectivity index (χ0v) is 18.6. The quantitative estimate of drug-likeness (QED) is 0.499. The Labute approximate surface area is 191 Å². The SMILES string of the molecule is CC1Sc2ccc(C(=O)Nc3ccc(OCc4ccc(S(=O)F)cc4)cc3)cc2NC1=O. The standard InChI is InChI=1S/C23H19FN2O4S2/c1-14-22(27)26-20-12-16(4-11-21(20)31-14)23(28)25-17-5-7-18(8-6-17)30-13-15-2-9-19(10-3-15)32(24)29/h2-12,14H,13H2,1H3,(H,25,28)(H,26,27). The molecule has 0 saturated carbocycles. The van der Waals surface area contributed by atoms with E-state index in [-0.39, 0.29) is 28.6 Å². The van der Waals surface area contributed by atoms with Crippen LogP contribution in [0, 0.1) is 0 Å². The molecule has 0 fully saturated rings. The molecular weight excluding hydrogens is 451 g/mol. The molecule has 4 rings (SSSR count). The van der Waals surface area contributed by atoms with Crippen LogP contribution in [0.3, 0.4) is 0 Å². The predicted octanol–water partition coefficient (Wildman–Crippen LogP) is 4.94. The largest absolute Gasteiger partial charge is 0.489 e. The Kier molecular flexibility index (Phi) is 6.57. The number of anilines is 2. The Morgan fingerprint density at radius 1 is 1.12 bits per heavy atom. The Balaban J connectivity index is 1.35. The number of carbonyl (C=O) groups excluding carboxylic acids is 2. The molecule has 0 aromatic heterocycles. The van der Waals surface area contributed by atoms with Crippen molar-refractivity contribution in [2.45, 2.75) is 28.6 Å². The van der Waals surface area contributed by atoms with Crippen LogP contribution in [0.1, 0.15) is 22.8 Å². The zero-order chi connectivity index (χ0) is 22.7. The number of thioether (sulfide) groups is 1. The van der Waals surface area contributed by atoms with Gasteiger partial charge in [-0.15, -0.1) is 15.6 Å². The van der Waals surface area contributed by atoms with Crippen molar-refractivity contribution in [3.63, 3.8) is 0 Å². The third kappa shape index (κ3) is 5.17. The van der Waals surface area contributed by atoms with Crippen LogP contribution in [0.5, 0.6) is 5.75 Å². The van der Waals surface area contributed by atoms with Gasteiger partial charge >= 0.3 is 0 Å². The fourth-order valence-corrected chi connectivity index (χ4v) is 4.33. The topological polar surface area (TPSA) is 84.5 Å². The van der Waals surface area contributed by atoms with E-state index < -0.39 is 11.2 Å². The molecule has 2 amide bonds. The van der Waals surface area contributed by atoms with E-state index in [1.165, 1.54) is 23.9 Å². The van der Waals surface area contributed by atoms with Crippen LogP contribution >= 0.6 is 11.8 Å². The van der Waals surface area contributed by atoms with E-state index in [0.717, 1.165) is 10.5 Å². The molecular formula is C23H19FN2O4S2. The second-order valence-corrected chi connectivity index (χ2v) is 9.40. The summed E-state index contributed by atoms with van der Waals surface area (Å²) in [7, 11) is 0. The van der Waals surface area contributed by atoms with E-state index in [2.05, 4.69) is 10.6 Å². The van der Waals surface area contributed by atoms with E-state index in [1.54, 1.807) is 48.5 Å². The van der Waals surface area contributed by atoms with Crippen molar-refractivity contribution in [3.8, 4) is 5.75 Å². The predicted molar refractivity (Wildman–Crippen MR) is 123 cm³/mol. The van der Waals surface area contributed by atoms with Gasteiger partial charge in [-0.3, -0.25) is 9.59 Å².